The number of nitrogens with zero attached hydrogens (tertiary/aromatic N) is 2. The highest BCUT2D eigenvalue weighted by Gasteiger charge is 2.37. The van der Waals surface area contributed by atoms with Gasteiger partial charge in [-0.2, -0.15) is 0 Å². The number of likely N-dealkylation sites (tertiary alicyclic amines) is 1. The molecule has 326 valence electrons. The molecule has 2 aromatic carbocycles. The normalized spacial score (nSPS) is 23.8. The third-order valence-corrected chi connectivity index (χ3v) is 12.8. The summed E-state index contributed by atoms with van der Waals surface area (Å²) in [6.07, 6.45) is 10.2. The molecule has 12 nitrogen and oxygen atoms in total. The van der Waals surface area contributed by atoms with E-state index in [1.165, 1.54) is 30.1 Å². The molecular formula is C42H63Cl2N3O9S2. The lowest BCUT2D eigenvalue weighted by Gasteiger charge is -2.46. The number of ether oxygens (including phenoxy) is 3. The smallest absolute Gasteiger partial charge is 0.410 e. The number of carbonyl (C=O) groups is 2. The maximum Gasteiger partial charge on any atom is 0.410 e. The van der Waals surface area contributed by atoms with Crippen molar-refractivity contribution in [2.45, 2.75) is 114 Å². The number of carbonyl (C=O) groups excluding carboxylic acids is 2. The van der Waals surface area contributed by atoms with Gasteiger partial charge < -0.3 is 24.4 Å². The van der Waals surface area contributed by atoms with Crippen LogP contribution in [0.2, 0.25) is 10.0 Å². The van der Waals surface area contributed by atoms with E-state index in [2.05, 4.69) is 10.2 Å². The number of hydrogen-bond acceptors (Lipinski definition) is 11. The van der Waals surface area contributed by atoms with Gasteiger partial charge in [0, 0.05) is 79.7 Å². The molecule has 4 fully saturated rings. The van der Waals surface area contributed by atoms with E-state index < -0.39 is 25.3 Å². The van der Waals surface area contributed by atoms with Crippen molar-refractivity contribution in [1.82, 2.24) is 15.1 Å². The van der Waals surface area contributed by atoms with Crippen LogP contribution in [0.1, 0.15) is 76.8 Å². The second-order valence-corrected chi connectivity index (χ2v) is 22.3. The Hall–Kier alpha value is -2.30. The summed E-state index contributed by atoms with van der Waals surface area (Å²) in [5.41, 5.74) is 1.84. The van der Waals surface area contributed by atoms with E-state index >= 15 is 0 Å². The van der Waals surface area contributed by atoms with Crippen LogP contribution in [-0.2, 0) is 51.5 Å². The van der Waals surface area contributed by atoms with Crippen molar-refractivity contribution in [2.24, 2.45) is 0 Å². The summed E-state index contributed by atoms with van der Waals surface area (Å²) < 4.78 is 63.1. The van der Waals surface area contributed by atoms with E-state index in [-0.39, 0.29) is 47.9 Å². The summed E-state index contributed by atoms with van der Waals surface area (Å²) in [6, 6.07) is 16.2. The minimum Gasteiger partial charge on any atom is -0.444 e. The van der Waals surface area contributed by atoms with Gasteiger partial charge in [0.15, 0.2) is 0 Å². The molecule has 4 atom stereocenters. The zero-order valence-electron chi connectivity index (χ0n) is 34.7. The van der Waals surface area contributed by atoms with E-state index in [1.54, 1.807) is 4.90 Å². The number of morpholine rings is 2. The van der Waals surface area contributed by atoms with Crippen LogP contribution in [0.5, 0.6) is 0 Å². The first-order valence-electron chi connectivity index (χ1n) is 20.3. The molecule has 3 saturated heterocycles. The molecule has 1 saturated carbocycles. The molecule has 6 rings (SSSR count). The van der Waals surface area contributed by atoms with Crippen LogP contribution in [0, 0.1) is 0 Å². The summed E-state index contributed by atoms with van der Waals surface area (Å²) in [5, 5.41) is 4.76. The minimum atomic E-state index is -3.13. The molecule has 0 spiro atoms. The minimum absolute atomic E-state index is 0.0217. The van der Waals surface area contributed by atoms with Gasteiger partial charge in [-0.1, -0.05) is 53.9 Å². The van der Waals surface area contributed by atoms with Crippen LogP contribution in [0.4, 0.5) is 4.79 Å². The molecule has 0 bridgehead atoms. The molecule has 16 heteroatoms. The van der Waals surface area contributed by atoms with Gasteiger partial charge in [0.2, 0.25) is 0 Å². The van der Waals surface area contributed by atoms with Crippen molar-refractivity contribution in [3.8, 4) is 0 Å². The number of nitrogens with one attached hydrogen (secondary N) is 1. The summed E-state index contributed by atoms with van der Waals surface area (Å²) in [5.74, 6) is 0.563. The molecule has 4 aliphatic rings. The average molecular weight is 889 g/mol. The molecule has 1 aliphatic carbocycles. The zero-order chi connectivity index (χ0) is 42.5. The number of piperidine rings is 1. The number of sulfone groups is 2. The number of amides is 1. The van der Waals surface area contributed by atoms with Gasteiger partial charge >= 0.3 is 6.09 Å². The number of halogens is 2. The quantitative estimate of drug-likeness (QED) is 0.307. The average Bonchev–Trinajstić information content (AvgIpc) is 3.14. The Morgan fingerprint density at radius 1 is 0.793 bits per heavy atom. The lowest BCUT2D eigenvalue weighted by molar-refractivity contribution is -0.120. The highest BCUT2D eigenvalue weighted by molar-refractivity contribution is 7.90. The molecule has 2 aromatic rings. The third kappa shape index (κ3) is 18.5. The number of ketones is 1. The maximum atomic E-state index is 12.4. The summed E-state index contributed by atoms with van der Waals surface area (Å²) in [6.45, 7) is 9.02. The van der Waals surface area contributed by atoms with Crippen LogP contribution in [0.15, 0.2) is 48.5 Å². The van der Waals surface area contributed by atoms with Gasteiger partial charge in [-0.3, -0.25) is 9.69 Å². The van der Waals surface area contributed by atoms with Gasteiger partial charge in [-0.05, 0) is 94.7 Å². The number of Topliss-reactive ketones (excluding diaryl/α,β-unsaturated/α-hetero) is 1. The fourth-order valence-electron chi connectivity index (χ4n) is 7.54. The van der Waals surface area contributed by atoms with Crippen molar-refractivity contribution in [3.05, 3.63) is 69.7 Å². The standard InChI is InChI=1S/C23H35ClN2O5S.C13H18ClNO3S.C6H10O/c1-23(2,3)31-22(27)25-11-9-19(10-12-25)26-14-21(16-32(4,28)29)30-15-20(26)13-17-5-7-18(24)8-6-17;1-19(16,17)9-13-7-15-12(8-18-13)6-10-2-4-11(14)5-3-10;7-6-4-2-1-3-5-6/h5-8,19-21H,9-16H2,1-4H3;2-5,12-13,15H,6-9H2,1H3;1-5H2/t20-,21+;12-,13+;/m00./s1. The van der Waals surface area contributed by atoms with Gasteiger partial charge in [-0.25, -0.2) is 21.6 Å². The Bertz CT molecular complexity index is 1800. The summed E-state index contributed by atoms with van der Waals surface area (Å²) in [7, 11) is -6.12. The fourth-order valence-corrected chi connectivity index (χ4v) is 9.55. The highest BCUT2D eigenvalue weighted by atomic mass is 35.5. The third-order valence-electron chi connectivity index (χ3n) is 10.3. The fraction of sp³-hybridized carbons (Fsp3) is 0.667. The second kappa shape index (κ2) is 22.5. The Balaban J connectivity index is 0.000000239. The van der Waals surface area contributed by atoms with Crippen LogP contribution >= 0.6 is 23.2 Å². The van der Waals surface area contributed by atoms with Gasteiger partial charge in [0.1, 0.15) is 31.1 Å². The molecule has 0 aromatic heterocycles. The molecular weight excluding hydrogens is 826 g/mol. The first kappa shape index (κ1) is 48.4. The van der Waals surface area contributed by atoms with Gasteiger partial charge in [-0.15, -0.1) is 0 Å². The van der Waals surface area contributed by atoms with Crippen LogP contribution in [-0.4, -0.2) is 138 Å². The van der Waals surface area contributed by atoms with Gasteiger partial charge in [0.25, 0.3) is 0 Å². The van der Waals surface area contributed by atoms with Crippen molar-refractivity contribution >= 4 is 54.8 Å². The highest BCUT2D eigenvalue weighted by Crippen LogP contribution is 2.27. The Morgan fingerprint density at radius 3 is 1.78 bits per heavy atom. The molecule has 3 heterocycles. The largest absolute Gasteiger partial charge is 0.444 e. The van der Waals surface area contributed by atoms with E-state index in [9.17, 15) is 26.4 Å². The maximum absolute atomic E-state index is 12.4. The predicted octanol–water partition coefficient (Wildman–Crippen LogP) is 6.20. The van der Waals surface area contributed by atoms with Crippen molar-refractivity contribution in [3.63, 3.8) is 0 Å². The number of benzene rings is 2. The van der Waals surface area contributed by atoms with E-state index in [0.29, 0.717) is 50.2 Å². The lowest BCUT2D eigenvalue weighted by atomic mass is 9.96. The molecule has 0 unspecified atom stereocenters. The zero-order valence-corrected chi connectivity index (χ0v) is 37.8. The Morgan fingerprint density at radius 2 is 1.31 bits per heavy atom. The SMILES string of the molecule is CC(C)(C)OC(=O)N1CCC(N2C[C@H](CS(C)(=O)=O)OC[C@@H]2Cc2ccc(Cl)cc2)CC1.CS(=O)(=O)C[C@H]1CN[C@@H](Cc2ccc(Cl)cc2)CO1.O=C1CCCCC1. The summed E-state index contributed by atoms with van der Waals surface area (Å²) >= 11 is 11.9. The van der Waals surface area contributed by atoms with Crippen LogP contribution in [0.25, 0.3) is 0 Å². The molecule has 1 amide bonds. The van der Waals surface area contributed by atoms with E-state index in [0.717, 1.165) is 56.4 Å². The van der Waals surface area contributed by atoms with E-state index in [4.69, 9.17) is 37.4 Å². The van der Waals surface area contributed by atoms with Gasteiger partial charge in [0.05, 0.1) is 36.9 Å². The summed E-state index contributed by atoms with van der Waals surface area (Å²) in [4.78, 5) is 27.1. The van der Waals surface area contributed by atoms with Crippen molar-refractivity contribution in [1.29, 1.82) is 0 Å². The predicted molar refractivity (Wildman–Crippen MR) is 230 cm³/mol. The van der Waals surface area contributed by atoms with Crippen LogP contribution < -0.4 is 5.32 Å². The Labute approximate surface area is 356 Å². The number of hydrogen-bond donors (Lipinski definition) is 1. The van der Waals surface area contributed by atoms with Crippen molar-refractivity contribution in [2.75, 3.05) is 63.4 Å². The lowest BCUT2D eigenvalue weighted by Crippen LogP contribution is -2.58. The first-order valence-corrected chi connectivity index (χ1v) is 25.2. The van der Waals surface area contributed by atoms with Crippen LogP contribution in [0.3, 0.4) is 0 Å². The molecule has 0 radical (unpaired) electrons. The second-order valence-electron chi connectivity index (χ2n) is 17.0. The monoisotopic (exact) mass is 887 g/mol. The van der Waals surface area contributed by atoms with E-state index in [1.807, 2.05) is 69.3 Å². The van der Waals surface area contributed by atoms with Crippen molar-refractivity contribution < 1.29 is 40.6 Å². The topological polar surface area (TPSA) is 149 Å². The number of rotatable bonds is 9. The molecule has 3 aliphatic heterocycles. The Kier molecular flexibility index (Phi) is 18.8. The molecule has 1 N–H and O–H groups in total. The first-order chi connectivity index (χ1) is 27.2. The molecule has 58 heavy (non-hydrogen) atoms.